The third kappa shape index (κ3) is 3.96. The van der Waals surface area contributed by atoms with Crippen molar-refractivity contribution in [3.63, 3.8) is 0 Å². The summed E-state index contributed by atoms with van der Waals surface area (Å²) in [5.74, 6) is -0.145. The number of carbonyl (C=O) groups is 1. The van der Waals surface area contributed by atoms with Gasteiger partial charge in [-0.2, -0.15) is 0 Å². The molecule has 122 valence electrons. The number of amides is 1. The van der Waals surface area contributed by atoms with Crippen LogP contribution in [0.25, 0.3) is 0 Å². The van der Waals surface area contributed by atoms with E-state index in [-0.39, 0.29) is 19.1 Å². The van der Waals surface area contributed by atoms with E-state index in [9.17, 15) is 18.3 Å². The second-order valence-corrected chi connectivity index (χ2v) is 6.95. The number of benzene rings is 1. The Morgan fingerprint density at radius 1 is 1.41 bits per heavy atom. The first-order valence-corrected chi connectivity index (χ1v) is 8.84. The number of carbonyl (C=O) groups excluding carboxylic acids is 1. The summed E-state index contributed by atoms with van der Waals surface area (Å²) in [5.41, 5.74) is 1.02. The number of likely N-dealkylation sites (N-methyl/N-ethyl adjacent to an activating group) is 1. The topological polar surface area (TPSA) is 95.9 Å². The molecule has 0 aromatic heterocycles. The molecule has 7 nitrogen and oxygen atoms in total. The first kappa shape index (κ1) is 16.7. The van der Waals surface area contributed by atoms with Crippen molar-refractivity contribution in [2.45, 2.75) is 19.1 Å². The zero-order valence-electron chi connectivity index (χ0n) is 12.5. The predicted molar refractivity (Wildman–Crippen MR) is 81.9 cm³/mol. The standard InChI is InChI=1S/C14H20N2O5S/c1-3-16-12(8-21-9-13(16)17)14(18)10-4-6-11(7-5-10)15-22(2,19)20/h4-7,12,14-15,18H,3,8-9H2,1-2H3/t12-,14-/m1/s1. The van der Waals surface area contributed by atoms with Gasteiger partial charge in [0.25, 0.3) is 0 Å². The summed E-state index contributed by atoms with van der Waals surface area (Å²) in [5, 5.41) is 10.5. The lowest BCUT2D eigenvalue weighted by Gasteiger charge is -2.37. The van der Waals surface area contributed by atoms with E-state index in [2.05, 4.69) is 4.72 Å². The minimum Gasteiger partial charge on any atom is -0.386 e. The fourth-order valence-electron chi connectivity index (χ4n) is 2.48. The van der Waals surface area contributed by atoms with Gasteiger partial charge in [-0.25, -0.2) is 8.42 Å². The molecule has 1 aromatic carbocycles. The highest BCUT2D eigenvalue weighted by molar-refractivity contribution is 7.92. The van der Waals surface area contributed by atoms with Gasteiger partial charge in [-0.3, -0.25) is 9.52 Å². The summed E-state index contributed by atoms with van der Waals surface area (Å²) < 4.78 is 29.9. The fraction of sp³-hybridized carbons (Fsp3) is 0.500. The van der Waals surface area contributed by atoms with Crippen molar-refractivity contribution in [2.75, 3.05) is 30.7 Å². The average molecular weight is 328 g/mol. The highest BCUT2D eigenvalue weighted by Crippen LogP contribution is 2.25. The Bertz CT molecular complexity index is 629. The first-order chi connectivity index (χ1) is 10.3. The Kier molecular flexibility index (Phi) is 5.05. The molecule has 8 heteroatoms. The van der Waals surface area contributed by atoms with E-state index in [0.717, 1.165) is 6.26 Å². The van der Waals surface area contributed by atoms with Crippen LogP contribution in [0.1, 0.15) is 18.6 Å². The molecular weight excluding hydrogens is 308 g/mol. The number of aliphatic hydroxyl groups excluding tert-OH is 1. The van der Waals surface area contributed by atoms with Gasteiger partial charge in [0, 0.05) is 12.2 Å². The quantitative estimate of drug-likeness (QED) is 0.812. The Morgan fingerprint density at radius 3 is 2.59 bits per heavy atom. The maximum absolute atomic E-state index is 11.8. The number of aliphatic hydroxyl groups is 1. The van der Waals surface area contributed by atoms with E-state index in [1.54, 1.807) is 29.2 Å². The summed E-state index contributed by atoms with van der Waals surface area (Å²) >= 11 is 0. The van der Waals surface area contributed by atoms with Gasteiger partial charge in [-0.05, 0) is 24.6 Å². The summed E-state index contributed by atoms with van der Waals surface area (Å²) in [6.45, 7) is 2.65. The Morgan fingerprint density at radius 2 is 2.05 bits per heavy atom. The van der Waals surface area contributed by atoms with Gasteiger partial charge < -0.3 is 14.7 Å². The molecule has 0 bridgehead atoms. The molecule has 0 unspecified atom stereocenters. The van der Waals surface area contributed by atoms with Crippen LogP contribution in [-0.4, -0.2) is 56.4 Å². The van der Waals surface area contributed by atoms with Crippen LogP contribution in [0.3, 0.4) is 0 Å². The molecule has 0 radical (unpaired) electrons. The molecule has 1 aromatic rings. The monoisotopic (exact) mass is 328 g/mol. The number of hydrogen-bond donors (Lipinski definition) is 2. The lowest BCUT2D eigenvalue weighted by Crippen LogP contribution is -2.51. The van der Waals surface area contributed by atoms with Crippen molar-refractivity contribution in [3.8, 4) is 0 Å². The van der Waals surface area contributed by atoms with E-state index < -0.39 is 22.2 Å². The summed E-state index contributed by atoms with van der Waals surface area (Å²) in [6, 6.07) is 5.96. The van der Waals surface area contributed by atoms with E-state index >= 15 is 0 Å². The van der Waals surface area contributed by atoms with Gasteiger partial charge in [0.2, 0.25) is 15.9 Å². The van der Waals surface area contributed by atoms with Crippen LogP contribution in [0.2, 0.25) is 0 Å². The zero-order valence-corrected chi connectivity index (χ0v) is 13.3. The number of nitrogens with one attached hydrogen (secondary N) is 1. The van der Waals surface area contributed by atoms with E-state index in [1.165, 1.54) is 0 Å². The number of anilines is 1. The second kappa shape index (κ2) is 6.64. The van der Waals surface area contributed by atoms with Crippen LogP contribution in [0.5, 0.6) is 0 Å². The minimum absolute atomic E-state index is 0.0360. The lowest BCUT2D eigenvalue weighted by atomic mass is 10.00. The van der Waals surface area contributed by atoms with Crippen molar-refractivity contribution < 1.29 is 23.1 Å². The van der Waals surface area contributed by atoms with Gasteiger partial charge in [0.05, 0.1) is 18.9 Å². The van der Waals surface area contributed by atoms with E-state index in [4.69, 9.17) is 4.74 Å². The number of rotatable bonds is 5. The smallest absolute Gasteiger partial charge is 0.248 e. The highest BCUT2D eigenvalue weighted by atomic mass is 32.2. The molecule has 0 spiro atoms. The molecule has 1 heterocycles. The maximum Gasteiger partial charge on any atom is 0.248 e. The maximum atomic E-state index is 11.8. The van der Waals surface area contributed by atoms with Crippen molar-refractivity contribution in [2.24, 2.45) is 0 Å². The number of sulfonamides is 1. The van der Waals surface area contributed by atoms with Gasteiger partial charge in [0.15, 0.2) is 0 Å². The highest BCUT2D eigenvalue weighted by Gasteiger charge is 2.33. The van der Waals surface area contributed by atoms with Crippen molar-refractivity contribution >= 4 is 21.6 Å². The molecule has 1 aliphatic rings. The van der Waals surface area contributed by atoms with Gasteiger partial charge in [-0.1, -0.05) is 12.1 Å². The second-order valence-electron chi connectivity index (χ2n) is 5.20. The normalized spacial score (nSPS) is 20.8. The number of nitrogens with zero attached hydrogens (tertiary/aromatic N) is 1. The van der Waals surface area contributed by atoms with Crippen LogP contribution in [0.4, 0.5) is 5.69 Å². The number of morpholine rings is 1. The Balaban J connectivity index is 2.15. The van der Waals surface area contributed by atoms with Crippen LogP contribution in [0, 0.1) is 0 Å². The number of ether oxygens (including phenoxy) is 1. The largest absolute Gasteiger partial charge is 0.386 e. The van der Waals surface area contributed by atoms with Crippen LogP contribution < -0.4 is 4.72 Å². The van der Waals surface area contributed by atoms with E-state index in [0.29, 0.717) is 17.8 Å². The molecule has 0 aliphatic carbocycles. The molecule has 1 amide bonds. The van der Waals surface area contributed by atoms with Crippen molar-refractivity contribution in [1.29, 1.82) is 0 Å². The molecule has 1 fully saturated rings. The Hall–Kier alpha value is -1.64. The van der Waals surface area contributed by atoms with Crippen molar-refractivity contribution in [3.05, 3.63) is 29.8 Å². The van der Waals surface area contributed by atoms with Crippen molar-refractivity contribution in [1.82, 2.24) is 4.90 Å². The molecule has 0 saturated carbocycles. The minimum atomic E-state index is -3.34. The molecule has 2 N–H and O–H groups in total. The molecule has 2 rings (SSSR count). The molecule has 2 atom stereocenters. The third-order valence-corrected chi connectivity index (χ3v) is 4.10. The van der Waals surface area contributed by atoms with E-state index in [1.807, 2.05) is 6.92 Å². The summed E-state index contributed by atoms with van der Waals surface area (Å²) in [6.07, 6.45) is 0.177. The molecule has 1 saturated heterocycles. The number of hydrogen-bond acceptors (Lipinski definition) is 5. The summed E-state index contributed by atoms with van der Waals surface area (Å²) in [4.78, 5) is 13.4. The van der Waals surface area contributed by atoms with Gasteiger partial charge in [0.1, 0.15) is 12.7 Å². The fourth-order valence-corrected chi connectivity index (χ4v) is 3.05. The molecular formula is C14H20N2O5S. The van der Waals surface area contributed by atoms with Gasteiger partial charge in [-0.15, -0.1) is 0 Å². The molecule has 1 aliphatic heterocycles. The summed E-state index contributed by atoms with van der Waals surface area (Å²) in [7, 11) is -3.34. The third-order valence-electron chi connectivity index (χ3n) is 3.50. The van der Waals surface area contributed by atoms with Gasteiger partial charge >= 0.3 is 0 Å². The predicted octanol–water partition coefficient (Wildman–Crippen LogP) is 0.339. The zero-order chi connectivity index (χ0) is 16.3. The lowest BCUT2D eigenvalue weighted by molar-refractivity contribution is -0.153. The SMILES string of the molecule is CCN1C(=O)COC[C@@H]1[C@H](O)c1ccc(NS(C)(=O)=O)cc1. The molecule has 22 heavy (non-hydrogen) atoms. The van der Waals surface area contributed by atoms with Crippen LogP contribution in [-0.2, 0) is 19.6 Å². The average Bonchev–Trinajstić information content (AvgIpc) is 2.45. The van der Waals surface area contributed by atoms with Crippen LogP contribution in [0.15, 0.2) is 24.3 Å². The first-order valence-electron chi connectivity index (χ1n) is 6.95. The van der Waals surface area contributed by atoms with Crippen LogP contribution >= 0.6 is 0 Å². The Labute approximate surface area is 129 Å².